The van der Waals surface area contributed by atoms with Gasteiger partial charge in [0.1, 0.15) is 36.5 Å². The monoisotopic (exact) mass is 1430 g/mol. The molecule has 0 aliphatic heterocycles. The van der Waals surface area contributed by atoms with Crippen molar-refractivity contribution in [3.8, 4) is 0 Å². The molecule has 0 fully saturated rings. The second-order valence-corrected chi connectivity index (χ2v) is 28.3. The molecule has 95 heavy (non-hydrogen) atoms. The van der Waals surface area contributed by atoms with Crippen molar-refractivity contribution in [2.75, 3.05) is 6.16 Å². The van der Waals surface area contributed by atoms with Gasteiger partial charge in [0.15, 0.2) is 122 Å². The predicted molar refractivity (Wildman–Crippen MR) is 286 cm³/mol. The first-order valence-electron chi connectivity index (χ1n) is 27.3. The lowest BCUT2D eigenvalue weighted by molar-refractivity contribution is -0.280. The van der Waals surface area contributed by atoms with Gasteiger partial charge in [-0.2, -0.15) is 48.4 Å². The Morgan fingerprint density at radius 3 is 0.947 bits per heavy atom. The van der Waals surface area contributed by atoms with Crippen LogP contribution in [-0.4, -0.2) is 36.7 Å². The molecule has 0 aliphatic rings. The lowest BCUT2D eigenvalue weighted by Gasteiger charge is -2.44. The highest BCUT2D eigenvalue weighted by Crippen LogP contribution is 2.64. The lowest BCUT2D eigenvalue weighted by atomic mass is 10.0. The number of rotatable bonds is 17. The maximum atomic E-state index is 17.3. The number of alkyl halides is 6. The summed E-state index contributed by atoms with van der Waals surface area (Å²) in [6.07, 6.45) is 0.0498. The molecule has 34 heteroatoms. The first kappa shape index (κ1) is 73.6. The zero-order valence-corrected chi connectivity index (χ0v) is 49.6. The van der Waals surface area contributed by atoms with E-state index in [9.17, 15) is 43.9 Å². The van der Waals surface area contributed by atoms with Crippen LogP contribution in [0.4, 0.5) is 140 Å². The van der Waals surface area contributed by atoms with Gasteiger partial charge in [-0.15, -0.1) is 0 Å². The normalized spacial score (nSPS) is 13.3. The Balaban J connectivity index is 0.000000324. The van der Waals surface area contributed by atoms with Gasteiger partial charge in [-0.1, -0.05) is 52.5 Å². The van der Waals surface area contributed by atoms with Crippen LogP contribution in [0.1, 0.15) is 65.7 Å². The zero-order chi connectivity index (χ0) is 71.3. The Kier molecular flexibility index (Phi) is 20.6. The number of hydrogen-bond donors (Lipinski definition) is 0. The molecule has 0 N–H and O–H groups in total. The highest BCUT2D eigenvalue weighted by atomic mass is 31.1. The fourth-order valence-electron chi connectivity index (χ4n) is 11.9. The number of halogens is 32. The van der Waals surface area contributed by atoms with Crippen LogP contribution in [-0.2, 0) is 0 Å². The summed E-state index contributed by atoms with van der Waals surface area (Å²) in [5, 5.41) is -21.2. The average Bonchev–Trinajstić information content (AvgIpc) is 0.668. The Bertz CT molecular complexity index is 4130. The number of benzene rings is 9. The molecule has 9 aromatic carbocycles. The largest absolute Gasteiger partial charge is 0.424 e. The molecule has 510 valence electrons. The molecule has 0 aromatic heterocycles. The SMILES string of the molecule is CCCCCCC(F)(F)C(F)(F)C(F)(F)[PH+](CC(C)CCC)c1cccc(F)c1F.Fc1cc2[c]([Al-]([c]3c(F)c(F)c(F)c4c(F)c(F)c(F)cc34)([c]3c(F)c(F)c(F)c4c(F)c(F)c(F)cc34)[c]3c(F)c(F)c(F)c4c(F)c(F)c(F)cc34)c(F)c(F)c(F)c2c(F)c1F. The van der Waals surface area contributed by atoms with Crippen LogP contribution < -0.4 is 23.0 Å². The molecule has 0 bridgehead atoms. The van der Waals surface area contributed by atoms with Gasteiger partial charge in [0, 0.05) is 6.42 Å². The molecule has 0 saturated heterocycles. The highest BCUT2D eigenvalue weighted by Gasteiger charge is 2.78. The Morgan fingerprint density at radius 2 is 0.653 bits per heavy atom. The molecule has 2 atom stereocenters. The molecule has 0 aliphatic carbocycles. The molecular formula is C61H34AlF32P. The second-order valence-electron chi connectivity index (χ2n) is 21.8. The first-order valence-corrected chi connectivity index (χ1v) is 31.3. The third-order valence-corrected chi connectivity index (χ3v) is 25.0. The fourth-order valence-corrected chi connectivity index (χ4v) is 21.4. The van der Waals surface area contributed by atoms with E-state index >= 15 is 96.6 Å². The van der Waals surface area contributed by atoms with Crippen LogP contribution in [0.5, 0.6) is 0 Å². The van der Waals surface area contributed by atoms with E-state index in [1.54, 1.807) is 13.8 Å². The van der Waals surface area contributed by atoms with Crippen molar-refractivity contribution in [2.24, 2.45) is 5.92 Å². The summed E-state index contributed by atoms with van der Waals surface area (Å²) in [5.41, 5.74) is -5.18. The summed E-state index contributed by atoms with van der Waals surface area (Å²) in [6.45, 7) is 5.06. The van der Waals surface area contributed by atoms with Gasteiger partial charge < -0.3 is 0 Å². The quantitative estimate of drug-likeness (QED) is 0.0280. The van der Waals surface area contributed by atoms with E-state index in [1.165, 1.54) is 6.92 Å². The molecule has 0 radical (unpaired) electrons. The van der Waals surface area contributed by atoms with E-state index < -0.39 is 299 Å². The molecule has 0 amide bonds. The molecule has 0 saturated carbocycles. The Labute approximate surface area is 515 Å². The van der Waals surface area contributed by atoms with Crippen molar-refractivity contribution >= 4 is 87.1 Å². The van der Waals surface area contributed by atoms with Crippen molar-refractivity contribution in [1.29, 1.82) is 0 Å². The van der Waals surface area contributed by atoms with Crippen LogP contribution >= 0.6 is 7.92 Å². The van der Waals surface area contributed by atoms with E-state index in [0.717, 1.165) is 12.1 Å². The Hall–Kier alpha value is -7.26. The summed E-state index contributed by atoms with van der Waals surface area (Å²) in [6, 6.07) is -0.739. The molecule has 9 aromatic rings. The van der Waals surface area contributed by atoms with Gasteiger partial charge in [-0.25, -0.2) is 110 Å². The molecule has 2 unspecified atom stereocenters. The number of unbranched alkanes of at least 4 members (excludes halogenated alkanes) is 3. The number of hydrogen-bond acceptors (Lipinski definition) is 0. The number of fused-ring (bicyclic) bond motifs is 4. The fraction of sp³-hybridized carbons (Fsp3) is 0.246. The summed E-state index contributed by atoms with van der Waals surface area (Å²) in [7, 11) is -3.92. The molecule has 0 heterocycles. The van der Waals surface area contributed by atoms with Crippen molar-refractivity contribution in [3.63, 3.8) is 0 Å². The summed E-state index contributed by atoms with van der Waals surface area (Å²) in [5.74, 6) is -89.6. The van der Waals surface area contributed by atoms with Gasteiger partial charge in [0.2, 0.25) is 5.82 Å². The lowest BCUT2D eigenvalue weighted by Crippen LogP contribution is -2.78. The molecule has 0 spiro atoms. The highest BCUT2D eigenvalue weighted by molar-refractivity contribution is 7.66. The first-order chi connectivity index (χ1) is 44.1. The van der Waals surface area contributed by atoms with E-state index in [0.29, 0.717) is 31.7 Å². The van der Waals surface area contributed by atoms with Crippen LogP contribution in [0.15, 0.2) is 42.5 Å². The molecular weight excluding hydrogens is 1400 g/mol. The third-order valence-electron chi connectivity index (χ3n) is 16.1. The minimum atomic E-state index is -9.12. The predicted octanol–water partition coefficient (Wildman–Crippen LogP) is 19.1. The van der Waals surface area contributed by atoms with Crippen molar-refractivity contribution in [2.45, 2.75) is 83.2 Å². The topological polar surface area (TPSA) is 0 Å². The van der Waals surface area contributed by atoms with Gasteiger partial charge in [0.25, 0.3) is 13.1 Å². The van der Waals surface area contributed by atoms with Crippen LogP contribution in [0.3, 0.4) is 0 Å². The summed E-state index contributed by atoms with van der Waals surface area (Å²) in [4.78, 5) is 0. The standard InChI is InChI=1S/C21H29F8P.4C10HF6.Al/c1-4-6-7-8-13-19(24,25)20(26,27)21(28,29)30(14-15(3)10-5-2)17-12-9-11-16(22)18(17)23;4*11-4-1-3-2-5(12)8(14)10(16)6(3)9(15)7(4)13;/h9,11-12,15H,4-8,10,13-14H2,1-3H3;4*1H;/q;;;;;-1/p+1. The van der Waals surface area contributed by atoms with Crippen LogP contribution in [0, 0.1) is 157 Å². The minimum Gasteiger partial charge on any atom is -0.208 e. The smallest absolute Gasteiger partial charge is 0.208 e. The van der Waals surface area contributed by atoms with Crippen LogP contribution in [0.2, 0.25) is 0 Å². The van der Waals surface area contributed by atoms with E-state index in [2.05, 4.69) is 0 Å². The van der Waals surface area contributed by atoms with Crippen molar-refractivity contribution in [3.05, 3.63) is 194 Å². The van der Waals surface area contributed by atoms with E-state index in [1.807, 2.05) is 0 Å². The van der Waals surface area contributed by atoms with E-state index in [-0.39, 0.29) is 12.8 Å². The summed E-state index contributed by atoms with van der Waals surface area (Å²) >= 11 is -9.12. The van der Waals surface area contributed by atoms with Crippen molar-refractivity contribution < 1.29 is 140 Å². The molecule has 0 nitrogen and oxygen atoms in total. The minimum absolute atomic E-state index is 0.220. The average molecular weight is 1430 g/mol. The van der Waals surface area contributed by atoms with Gasteiger partial charge in [0.05, 0.1) is 27.7 Å². The van der Waals surface area contributed by atoms with Gasteiger partial charge in [-0.05, 0) is 76.7 Å². The molecule has 9 rings (SSSR count). The maximum absolute atomic E-state index is 17.3. The maximum Gasteiger partial charge on any atom is 0.424 e. The third kappa shape index (κ3) is 11.5. The van der Waals surface area contributed by atoms with E-state index in [4.69, 9.17) is 0 Å². The van der Waals surface area contributed by atoms with Crippen LogP contribution in [0.25, 0.3) is 43.1 Å². The van der Waals surface area contributed by atoms with Gasteiger partial charge in [-0.3, -0.25) is 0 Å². The second kappa shape index (κ2) is 26.6. The summed E-state index contributed by atoms with van der Waals surface area (Å²) < 4.78 is 484. The zero-order valence-electron chi connectivity index (χ0n) is 47.4. The van der Waals surface area contributed by atoms with Crippen molar-refractivity contribution in [1.82, 2.24) is 0 Å². The Morgan fingerprint density at radius 1 is 0.347 bits per heavy atom. The van der Waals surface area contributed by atoms with Gasteiger partial charge >= 0.3 is 17.5 Å².